The number of rotatable bonds is 5. The lowest BCUT2D eigenvalue weighted by atomic mass is 9.91. The van der Waals surface area contributed by atoms with Gasteiger partial charge in [-0.2, -0.15) is 0 Å². The van der Waals surface area contributed by atoms with E-state index in [4.69, 9.17) is 10.5 Å². The summed E-state index contributed by atoms with van der Waals surface area (Å²) in [6.07, 6.45) is 0.756. The lowest BCUT2D eigenvalue weighted by Crippen LogP contribution is -2.37. The van der Waals surface area contributed by atoms with E-state index in [1.54, 1.807) is 6.07 Å². The molecule has 1 aromatic rings. The van der Waals surface area contributed by atoms with Crippen LogP contribution in [0.4, 0.5) is 4.39 Å². The highest BCUT2D eigenvalue weighted by atomic mass is 19.1. The Morgan fingerprint density at radius 3 is 2.39 bits per heavy atom. The number of methoxy groups -OCH3 is 1. The molecule has 0 aliphatic rings. The van der Waals surface area contributed by atoms with Crippen molar-refractivity contribution >= 4 is 0 Å². The minimum Gasteiger partial charge on any atom is -0.494 e. The molecule has 4 heteroatoms. The fraction of sp³-hybridized carbons (Fsp3) is 0.571. The van der Waals surface area contributed by atoms with Gasteiger partial charge in [-0.25, -0.2) is 4.39 Å². The standard InChI is InChI=1S/C14H23FN2O/c1-14(2,16)9-12(17(3)4)10-6-7-13(18-5)11(15)8-10/h6-8,12H,9,16H2,1-5H3. The van der Waals surface area contributed by atoms with Gasteiger partial charge in [-0.15, -0.1) is 0 Å². The van der Waals surface area contributed by atoms with Crippen molar-refractivity contribution < 1.29 is 9.13 Å². The van der Waals surface area contributed by atoms with E-state index < -0.39 is 0 Å². The second kappa shape index (κ2) is 5.67. The fourth-order valence-corrected chi connectivity index (χ4v) is 1.99. The summed E-state index contributed by atoms with van der Waals surface area (Å²) in [5, 5.41) is 0. The Bertz CT molecular complexity index is 399. The normalized spacial score (nSPS) is 13.8. The Morgan fingerprint density at radius 1 is 1.39 bits per heavy atom. The van der Waals surface area contributed by atoms with Crippen LogP contribution in [0.1, 0.15) is 31.9 Å². The van der Waals surface area contributed by atoms with Crippen LogP contribution >= 0.6 is 0 Å². The lowest BCUT2D eigenvalue weighted by Gasteiger charge is -2.31. The Morgan fingerprint density at radius 2 is 2.00 bits per heavy atom. The molecule has 3 nitrogen and oxygen atoms in total. The smallest absolute Gasteiger partial charge is 0.165 e. The van der Waals surface area contributed by atoms with Gasteiger partial charge in [0.15, 0.2) is 11.6 Å². The molecule has 18 heavy (non-hydrogen) atoms. The van der Waals surface area contributed by atoms with Crippen LogP contribution in [0.2, 0.25) is 0 Å². The molecule has 0 amide bonds. The van der Waals surface area contributed by atoms with Crippen molar-refractivity contribution in [1.82, 2.24) is 4.90 Å². The summed E-state index contributed by atoms with van der Waals surface area (Å²) in [5.41, 5.74) is 6.67. The van der Waals surface area contributed by atoms with Gasteiger partial charge < -0.3 is 15.4 Å². The zero-order valence-electron chi connectivity index (χ0n) is 11.8. The first-order valence-electron chi connectivity index (χ1n) is 6.03. The van der Waals surface area contributed by atoms with Gasteiger partial charge in [0.25, 0.3) is 0 Å². The molecule has 1 aromatic carbocycles. The molecule has 0 aromatic heterocycles. The van der Waals surface area contributed by atoms with E-state index in [1.807, 2.05) is 34.0 Å². The molecule has 1 atom stereocenters. The summed E-state index contributed by atoms with van der Waals surface area (Å²) in [5.74, 6) is -0.0695. The molecule has 0 saturated carbocycles. The zero-order chi connectivity index (χ0) is 13.9. The molecule has 1 unspecified atom stereocenters. The average molecular weight is 254 g/mol. The van der Waals surface area contributed by atoms with Crippen molar-refractivity contribution in [2.75, 3.05) is 21.2 Å². The van der Waals surface area contributed by atoms with E-state index in [0.717, 1.165) is 12.0 Å². The van der Waals surface area contributed by atoms with Crippen LogP contribution in [0.3, 0.4) is 0 Å². The third-order valence-corrected chi connectivity index (χ3v) is 2.90. The number of hydrogen-bond acceptors (Lipinski definition) is 3. The van der Waals surface area contributed by atoms with Gasteiger partial charge in [-0.05, 0) is 52.1 Å². The Kier molecular flexibility index (Phi) is 4.71. The molecule has 102 valence electrons. The van der Waals surface area contributed by atoms with E-state index >= 15 is 0 Å². The number of halogens is 1. The summed E-state index contributed by atoms with van der Waals surface area (Å²) in [6, 6.07) is 5.16. The molecule has 0 aliphatic heterocycles. The molecule has 1 rings (SSSR count). The van der Waals surface area contributed by atoms with Crippen molar-refractivity contribution in [2.45, 2.75) is 31.8 Å². The topological polar surface area (TPSA) is 38.5 Å². The first kappa shape index (κ1) is 14.9. The summed E-state index contributed by atoms with van der Waals surface area (Å²) >= 11 is 0. The predicted molar refractivity (Wildman–Crippen MR) is 72.3 cm³/mol. The van der Waals surface area contributed by atoms with E-state index in [-0.39, 0.29) is 23.1 Å². The largest absolute Gasteiger partial charge is 0.494 e. The third kappa shape index (κ3) is 3.96. The molecule has 0 saturated heterocycles. The minimum atomic E-state index is -0.336. The van der Waals surface area contributed by atoms with Crippen LogP contribution in [0.15, 0.2) is 18.2 Å². The van der Waals surface area contributed by atoms with Crippen LogP contribution in [0.5, 0.6) is 5.75 Å². The van der Waals surface area contributed by atoms with Crippen LogP contribution in [0.25, 0.3) is 0 Å². The monoisotopic (exact) mass is 254 g/mol. The van der Waals surface area contributed by atoms with Gasteiger partial charge in [0.1, 0.15) is 0 Å². The SMILES string of the molecule is COc1ccc(C(CC(C)(C)N)N(C)C)cc1F. The summed E-state index contributed by atoms with van der Waals surface area (Å²) in [6.45, 7) is 3.95. The van der Waals surface area contributed by atoms with Crippen LogP contribution < -0.4 is 10.5 Å². The van der Waals surface area contributed by atoms with Gasteiger partial charge in [-0.3, -0.25) is 0 Å². The van der Waals surface area contributed by atoms with Crippen molar-refractivity contribution in [3.8, 4) is 5.75 Å². The van der Waals surface area contributed by atoms with Crippen molar-refractivity contribution in [3.63, 3.8) is 0 Å². The molecule has 0 bridgehead atoms. The first-order chi connectivity index (χ1) is 8.24. The number of ether oxygens (including phenoxy) is 1. The second-order valence-corrected chi connectivity index (χ2v) is 5.57. The van der Waals surface area contributed by atoms with E-state index in [9.17, 15) is 4.39 Å². The molecule has 0 fully saturated rings. The van der Waals surface area contributed by atoms with E-state index in [1.165, 1.54) is 13.2 Å². The number of nitrogens with two attached hydrogens (primary N) is 1. The van der Waals surface area contributed by atoms with E-state index in [2.05, 4.69) is 4.90 Å². The van der Waals surface area contributed by atoms with Gasteiger partial charge in [0.2, 0.25) is 0 Å². The molecular formula is C14H23FN2O. The van der Waals surface area contributed by atoms with Gasteiger partial charge in [-0.1, -0.05) is 6.07 Å². The van der Waals surface area contributed by atoms with Gasteiger partial charge in [0, 0.05) is 11.6 Å². The zero-order valence-corrected chi connectivity index (χ0v) is 11.8. The van der Waals surface area contributed by atoms with Gasteiger partial charge >= 0.3 is 0 Å². The number of hydrogen-bond donors (Lipinski definition) is 1. The summed E-state index contributed by atoms with van der Waals surface area (Å²) < 4.78 is 18.7. The Labute approximate surface area is 109 Å². The third-order valence-electron chi connectivity index (χ3n) is 2.90. The number of nitrogens with zero attached hydrogens (tertiary/aromatic N) is 1. The highest BCUT2D eigenvalue weighted by Gasteiger charge is 2.23. The Hall–Kier alpha value is -1.13. The molecule has 0 radical (unpaired) electrons. The maximum Gasteiger partial charge on any atom is 0.165 e. The van der Waals surface area contributed by atoms with Crippen LogP contribution in [-0.4, -0.2) is 31.6 Å². The Balaban J connectivity index is 3.03. The maximum atomic E-state index is 13.7. The quantitative estimate of drug-likeness (QED) is 0.877. The second-order valence-electron chi connectivity index (χ2n) is 5.57. The average Bonchev–Trinajstić information content (AvgIpc) is 2.24. The van der Waals surface area contributed by atoms with Gasteiger partial charge in [0.05, 0.1) is 7.11 Å². The van der Waals surface area contributed by atoms with Crippen LogP contribution in [0, 0.1) is 5.82 Å². The number of benzene rings is 1. The van der Waals surface area contributed by atoms with Crippen molar-refractivity contribution in [1.29, 1.82) is 0 Å². The molecule has 0 spiro atoms. The molecular weight excluding hydrogens is 231 g/mol. The minimum absolute atomic E-state index is 0.0883. The molecule has 0 aliphatic carbocycles. The summed E-state index contributed by atoms with van der Waals surface area (Å²) in [7, 11) is 5.40. The summed E-state index contributed by atoms with van der Waals surface area (Å²) in [4.78, 5) is 2.05. The maximum absolute atomic E-state index is 13.7. The highest BCUT2D eigenvalue weighted by Crippen LogP contribution is 2.29. The first-order valence-corrected chi connectivity index (χ1v) is 6.03. The van der Waals surface area contributed by atoms with Crippen molar-refractivity contribution in [2.24, 2.45) is 5.73 Å². The molecule has 2 N–H and O–H groups in total. The lowest BCUT2D eigenvalue weighted by molar-refractivity contribution is 0.242. The molecule has 0 heterocycles. The van der Waals surface area contributed by atoms with E-state index in [0.29, 0.717) is 0 Å². The fourth-order valence-electron chi connectivity index (χ4n) is 1.99. The predicted octanol–water partition coefficient (Wildman–Crippen LogP) is 2.56. The van der Waals surface area contributed by atoms with Crippen molar-refractivity contribution in [3.05, 3.63) is 29.6 Å². The van der Waals surface area contributed by atoms with Crippen LogP contribution in [-0.2, 0) is 0 Å². The highest BCUT2D eigenvalue weighted by molar-refractivity contribution is 5.31.